The molecule has 3 aromatic carbocycles. The van der Waals surface area contributed by atoms with Gasteiger partial charge < -0.3 is 25.1 Å². The van der Waals surface area contributed by atoms with Gasteiger partial charge in [0, 0.05) is 55.7 Å². The Bertz CT molecular complexity index is 1810. The van der Waals surface area contributed by atoms with Crippen LogP contribution in [0.5, 0.6) is 0 Å². The van der Waals surface area contributed by atoms with E-state index < -0.39 is 29.6 Å². The molecule has 6 rings (SSSR count). The fourth-order valence-corrected chi connectivity index (χ4v) is 6.02. The first-order valence-corrected chi connectivity index (χ1v) is 15.0. The third kappa shape index (κ3) is 6.19. The normalized spacial score (nSPS) is 16.8. The molecule has 46 heavy (non-hydrogen) atoms. The van der Waals surface area contributed by atoms with Gasteiger partial charge in [-0.05, 0) is 83.6 Å². The molecule has 14 heteroatoms. The van der Waals surface area contributed by atoms with Gasteiger partial charge in [-0.2, -0.15) is 4.68 Å². The van der Waals surface area contributed by atoms with Crippen molar-refractivity contribution in [2.45, 2.75) is 12.5 Å². The summed E-state index contributed by atoms with van der Waals surface area (Å²) < 4.78 is 16.5. The van der Waals surface area contributed by atoms with Gasteiger partial charge in [-0.3, -0.25) is 9.59 Å². The van der Waals surface area contributed by atoms with Gasteiger partial charge in [0.15, 0.2) is 5.82 Å². The topological polar surface area (TPSA) is 137 Å². The summed E-state index contributed by atoms with van der Waals surface area (Å²) in [7, 11) is 2.08. The monoisotopic (exact) mass is 644 g/mol. The number of hydrogen-bond acceptors (Lipinski definition) is 8. The lowest BCUT2D eigenvalue weighted by Gasteiger charge is -2.40. The molecule has 2 N–H and O–H groups in total. The molecule has 2 aliphatic heterocycles. The minimum absolute atomic E-state index is 0.00225. The van der Waals surface area contributed by atoms with Gasteiger partial charge in [-0.1, -0.05) is 23.7 Å². The van der Waals surface area contributed by atoms with Gasteiger partial charge in [0.05, 0.1) is 16.3 Å². The number of halogens is 2. The number of amides is 2. The maximum absolute atomic E-state index is 15.2. The summed E-state index contributed by atoms with van der Waals surface area (Å²) in [5, 5.41) is 23.0. The number of tetrazole rings is 1. The third-order valence-electron chi connectivity index (χ3n) is 8.27. The van der Waals surface area contributed by atoms with E-state index in [1.165, 1.54) is 64.5 Å². The van der Waals surface area contributed by atoms with Gasteiger partial charge in [-0.25, -0.2) is 9.18 Å². The van der Waals surface area contributed by atoms with Crippen LogP contribution in [0.3, 0.4) is 0 Å². The molecule has 0 radical (unpaired) electrons. The fraction of sp³-hybridized carbons (Fsp3) is 0.250. The number of aromatic nitrogens is 4. The van der Waals surface area contributed by atoms with E-state index in [1.54, 1.807) is 0 Å². The van der Waals surface area contributed by atoms with E-state index in [-0.39, 0.29) is 28.4 Å². The third-order valence-corrected chi connectivity index (χ3v) is 8.56. The molecule has 0 aliphatic carbocycles. The van der Waals surface area contributed by atoms with E-state index in [0.29, 0.717) is 17.7 Å². The zero-order chi connectivity index (χ0) is 32.4. The second-order valence-electron chi connectivity index (χ2n) is 11.1. The lowest BCUT2D eigenvalue weighted by atomic mass is 9.89. The number of fused-ring (bicyclic) bond motifs is 1. The summed E-state index contributed by atoms with van der Waals surface area (Å²) in [5.74, 6) is -2.82. The van der Waals surface area contributed by atoms with Crippen molar-refractivity contribution >= 4 is 46.8 Å². The SMILES string of the molecule is CN1CCN(c2cccc3c2CCN(C(=O)C=Cc2c(-n4cnnn4)ccc(Cl)c2F)C3C(=O)Nc2ccc(C(=O)O)cc2)CC1. The lowest BCUT2D eigenvalue weighted by molar-refractivity contribution is -0.135. The van der Waals surface area contributed by atoms with Crippen LogP contribution in [-0.2, 0) is 16.0 Å². The highest BCUT2D eigenvalue weighted by Gasteiger charge is 2.37. The van der Waals surface area contributed by atoms with Gasteiger partial charge in [0.2, 0.25) is 5.91 Å². The zero-order valence-corrected chi connectivity index (χ0v) is 25.6. The smallest absolute Gasteiger partial charge is 0.335 e. The van der Waals surface area contributed by atoms with E-state index in [9.17, 15) is 19.5 Å². The highest BCUT2D eigenvalue weighted by Crippen LogP contribution is 2.37. The Labute approximate surface area is 268 Å². The van der Waals surface area contributed by atoms with Crippen molar-refractivity contribution in [1.29, 1.82) is 0 Å². The van der Waals surface area contributed by atoms with Crippen LogP contribution in [0.25, 0.3) is 11.8 Å². The van der Waals surface area contributed by atoms with Crippen LogP contribution in [0.4, 0.5) is 15.8 Å². The minimum Gasteiger partial charge on any atom is -0.478 e. The molecular formula is C32H30ClFN8O4. The molecule has 1 unspecified atom stereocenters. The average molecular weight is 645 g/mol. The lowest BCUT2D eigenvalue weighted by Crippen LogP contribution is -2.47. The number of carboxylic acids is 1. The highest BCUT2D eigenvalue weighted by molar-refractivity contribution is 6.31. The Morgan fingerprint density at radius 3 is 2.46 bits per heavy atom. The van der Waals surface area contributed by atoms with Crippen LogP contribution in [-0.4, -0.2) is 92.7 Å². The molecule has 1 saturated heterocycles. The maximum atomic E-state index is 15.2. The number of nitrogens with zero attached hydrogens (tertiary/aromatic N) is 7. The van der Waals surface area contributed by atoms with Gasteiger partial charge in [-0.15, -0.1) is 5.10 Å². The number of piperazine rings is 1. The van der Waals surface area contributed by atoms with Crippen molar-refractivity contribution in [3.63, 3.8) is 0 Å². The number of likely N-dealkylation sites (N-methyl/N-ethyl adjacent to an activating group) is 1. The van der Waals surface area contributed by atoms with Crippen molar-refractivity contribution in [3.05, 3.63) is 100 Å². The second kappa shape index (κ2) is 13.1. The van der Waals surface area contributed by atoms with E-state index in [0.717, 1.165) is 37.4 Å². The number of carbonyl (C=O) groups excluding carboxylic acids is 2. The van der Waals surface area contributed by atoms with Crippen LogP contribution in [0.1, 0.15) is 33.1 Å². The van der Waals surface area contributed by atoms with Gasteiger partial charge in [0.25, 0.3) is 5.91 Å². The molecule has 2 amide bonds. The van der Waals surface area contributed by atoms with Crippen LogP contribution < -0.4 is 10.2 Å². The number of carboxylic acid groups (broad SMARTS) is 1. The quantitative estimate of drug-likeness (QED) is 0.289. The van der Waals surface area contributed by atoms with Crippen molar-refractivity contribution in [2.24, 2.45) is 0 Å². The summed E-state index contributed by atoms with van der Waals surface area (Å²) in [6, 6.07) is 13.5. The van der Waals surface area contributed by atoms with Crippen LogP contribution >= 0.6 is 11.6 Å². The molecular weight excluding hydrogens is 615 g/mol. The Hall–Kier alpha value is -5.14. The first-order chi connectivity index (χ1) is 22.2. The largest absolute Gasteiger partial charge is 0.478 e. The molecule has 0 bridgehead atoms. The number of benzene rings is 3. The molecule has 236 valence electrons. The minimum atomic E-state index is -1.08. The summed E-state index contributed by atoms with van der Waals surface area (Å²) >= 11 is 6.07. The van der Waals surface area contributed by atoms with Crippen molar-refractivity contribution in [3.8, 4) is 5.69 Å². The maximum Gasteiger partial charge on any atom is 0.335 e. The molecule has 1 atom stereocenters. The van der Waals surface area contributed by atoms with Crippen LogP contribution in [0.2, 0.25) is 5.02 Å². The molecule has 4 aromatic rings. The predicted molar refractivity (Wildman–Crippen MR) is 169 cm³/mol. The number of aromatic carboxylic acids is 1. The van der Waals surface area contributed by atoms with E-state index >= 15 is 4.39 Å². The fourth-order valence-electron chi connectivity index (χ4n) is 5.86. The number of rotatable bonds is 7. The Morgan fingerprint density at radius 2 is 1.76 bits per heavy atom. The van der Waals surface area contributed by atoms with E-state index in [2.05, 4.69) is 37.7 Å². The summed E-state index contributed by atoms with van der Waals surface area (Å²) in [5.41, 5.74) is 3.44. The number of anilines is 2. The van der Waals surface area contributed by atoms with Gasteiger partial charge >= 0.3 is 5.97 Å². The van der Waals surface area contributed by atoms with Crippen molar-refractivity contribution in [2.75, 3.05) is 50.0 Å². The molecule has 2 aliphatic rings. The van der Waals surface area contributed by atoms with Crippen LogP contribution in [0, 0.1) is 5.82 Å². The predicted octanol–water partition coefficient (Wildman–Crippen LogP) is 3.68. The highest BCUT2D eigenvalue weighted by atomic mass is 35.5. The van der Waals surface area contributed by atoms with E-state index in [1.807, 2.05) is 18.2 Å². The molecule has 3 heterocycles. The summed E-state index contributed by atoms with van der Waals surface area (Å²) in [6.45, 7) is 3.71. The van der Waals surface area contributed by atoms with Gasteiger partial charge in [0.1, 0.15) is 12.4 Å². The van der Waals surface area contributed by atoms with Crippen molar-refractivity contribution in [1.82, 2.24) is 30.0 Å². The summed E-state index contributed by atoms with van der Waals surface area (Å²) in [4.78, 5) is 45.2. The van der Waals surface area contributed by atoms with E-state index in [4.69, 9.17) is 11.6 Å². The Morgan fingerprint density at radius 1 is 1.00 bits per heavy atom. The Balaban J connectivity index is 1.35. The molecule has 1 fully saturated rings. The van der Waals surface area contributed by atoms with Crippen LogP contribution in [0.15, 0.2) is 67.0 Å². The molecule has 0 spiro atoms. The number of nitrogens with one attached hydrogen (secondary N) is 1. The first kappa shape index (κ1) is 30.9. The molecule has 12 nitrogen and oxygen atoms in total. The summed E-state index contributed by atoms with van der Waals surface area (Å²) in [6.07, 6.45) is 4.32. The number of carbonyl (C=O) groups is 3. The average Bonchev–Trinajstić information content (AvgIpc) is 3.60. The number of hydrogen-bond donors (Lipinski definition) is 2. The first-order valence-electron chi connectivity index (χ1n) is 14.6. The molecule has 1 aromatic heterocycles. The van der Waals surface area contributed by atoms with Crippen molar-refractivity contribution < 1.29 is 23.9 Å². The zero-order valence-electron chi connectivity index (χ0n) is 24.8. The second-order valence-corrected chi connectivity index (χ2v) is 11.5. The standard InChI is InChI=1S/C32H30ClFN8O4/c1-39-15-17-40(18-16-39)26-4-2-3-23-22(26)13-14-41(30(23)31(44)36-21-7-5-20(6-8-21)32(45)46)28(43)12-9-24-27(42-19-35-37-38-42)11-10-25(33)29(24)34/h2-12,19,30H,13-18H2,1H3,(H,36,44)(H,45,46). The molecule has 0 saturated carbocycles. The Kier molecular flexibility index (Phi) is 8.77.